The van der Waals surface area contributed by atoms with Gasteiger partial charge in [0, 0.05) is 50.5 Å². The third-order valence-corrected chi connectivity index (χ3v) is 5.91. The number of aromatic nitrogens is 2. The van der Waals surface area contributed by atoms with Crippen molar-refractivity contribution in [2.75, 3.05) is 39.9 Å². The predicted molar refractivity (Wildman–Crippen MR) is 142 cm³/mol. The van der Waals surface area contributed by atoms with Crippen LogP contribution >= 0.6 is 24.0 Å². The summed E-state index contributed by atoms with van der Waals surface area (Å²) in [6, 6.07) is 10.7. The van der Waals surface area contributed by atoms with Gasteiger partial charge in [-0.2, -0.15) is 5.10 Å². The zero-order valence-electron chi connectivity index (χ0n) is 20.1. The molecular weight excluding hydrogens is 515 g/mol. The van der Waals surface area contributed by atoms with Gasteiger partial charge in [-0.15, -0.1) is 24.0 Å². The topological polar surface area (TPSA) is 66.7 Å². The van der Waals surface area contributed by atoms with Gasteiger partial charge in [0.05, 0.1) is 24.6 Å². The van der Waals surface area contributed by atoms with E-state index in [-0.39, 0.29) is 24.0 Å². The molecule has 0 radical (unpaired) electrons. The number of halogens is 1. The van der Waals surface area contributed by atoms with Crippen molar-refractivity contribution in [3.63, 3.8) is 0 Å². The Balaban J connectivity index is 0.00000363. The van der Waals surface area contributed by atoms with Crippen LogP contribution in [0.15, 0.2) is 35.3 Å². The number of nitrogens with one attached hydrogen (secondary N) is 2. The fourth-order valence-corrected chi connectivity index (χ4v) is 4.21. The first-order chi connectivity index (χ1) is 15.0. The molecule has 0 aliphatic carbocycles. The monoisotopic (exact) mass is 554 g/mol. The molecule has 2 aromatic rings. The second kappa shape index (κ2) is 13.2. The molecule has 2 heterocycles. The van der Waals surface area contributed by atoms with E-state index in [0.29, 0.717) is 18.5 Å². The highest BCUT2D eigenvalue weighted by molar-refractivity contribution is 14.0. The summed E-state index contributed by atoms with van der Waals surface area (Å²) in [5, 5.41) is 11.8. The number of hydrogen-bond donors (Lipinski definition) is 2. The zero-order valence-corrected chi connectivity index (χ0v) is 22.4. The van der Waals surface area contributed by atoms with Crippen LogP contribution in [0.3, 0.4) is 0 Å². The molecule has 32 heavy (non-hydrogen) atoms. The molecule has 0 bridgehead atoms. The van der Waals surface area contributed by atoms with E-state index in [9.17, 15) is 0 Å². The molecule has 1 aromatic carbocycles. The van der Waals surface area contributed by atoms with Crippen LogP contribution in [0.1, 0.15) is 37.2 Å². The highest BCUT2D eigenvalue weighted by Crippen LogP contribution is 2.18. The second-order valence-corrected chi connectivity index (χ2v) is 8.64. The van der Waals surface area contributed by atoms with Crippen LogP contribution in [0.4, 0.5) is 0 Å². The summed E-state index contributed by atoms with van der Waals surface area (Å²) in [6.45, 7) is 14.0. The fourth-order valence-electron chi connectivity index (χ4n) is 4.21. The minimum absolute atomic E-state index is 0. The normalized spacial score (nSPS) is 16.0. The van der Waals surface area contributed by atoms with Crippen LogP contribution in [0, 0.1) is 19.8 Å². The first-order valence-electron chi connectivity index (χ1n) is 11.4. The van der Waals surface area contributed by atoms with Gasteiger partial charge in [-0.25, -0.2) is 4.68 Å². The van der Waals surface area contributed by atoms with E-state index < -0.39 is 0 Å². The molecule has 178 valence electrons. The van der Waals surface area contributed by atoms with E-state index in [2.05, 4.69) is 60.4 Å². The number of rotatable bonds is 8. The summed E-state index contributed by atoms with van der Waals surface area (Å²) in [6.07, 6.45) is 1.16. The molecule has 1 aromatic heterocycles. The maximum Gasteiger partial charge on any atom is 0.191 e. The molecule has 0 amide bonds. The van der Waals surface area contributed by atoms with Crippen molar-refractivity contribution in [2.45, 2.75) is 46.7 Å². The standard InChI is InChI=1S/C24H38N6O.HI/c1-18(2)15-22(29-11-13-31-14-12-29)16-26-24(25-5)27-17-23-19(3)28-30(20(23)4)21-9-7-6-8-10-21;/h6-10,18,22H,11-17H2,1-5H3,(H2,25,26,27);1H. The van der Waals surface area contributed by atoms with E-state index in [1.165, 1.54) is 5.56 Å². The van der Waals surface area contributed by atoms with Crippen molar-refractivity contribution >= 4 is 29.9 Å². The summed E-state index contributed by atoms with van der Waals surface area (Å²) < 4.78 is 7.55. The van der Waals surface area contributed by atoms with Gasteiger partial charge in [-0.3, -0.25) is 9.89 Å². The summed E-state index contributed by atoms with van der Waals surface area (Å²) in [4.78, 5) is 6.99. The lowest BCUT2D eigenvalue weighted by Crippen LogP contribution is -2.51. The third-order valence-electron chi connectivity index (χ3n) is 5.91. The highest BCUT2D eigenvalue weighted by Gasteiger charge is 2.22. The van der Waals surface area contributed by atoms with Crippen LogP contribution in [0.25, 0.3) is 5.69 Å². The smallest absolute Gasteiger partial charge is 0.191 e. The van der Waals surface area contributed by atoms with E-state index in [1.807, 2.05) is 29.9 Å². The lowest BCUT2D eigenvalue weighted by Gasteiger charge is -2.35. The number of para-hydroxylation sites is 1. The predicted octanol–water partition coefficient (Wildman–Crippen LogP) is 3.52. The van der Waals surface area contributed by atoms with Gasteiger partial charge in [-0.1, -0.05) is 32.0 Å². The summed E-state index contributed by atoms with van der Waals surface area (Å²) in [5.74, 6) is 1.48. The molecule has 0 saturated carbocycles. The van der Waals surface area contributed by atoms with Crippen LogP contribution in [0.5, 0.6) is 0 Å². The molecular formula is C24H39IN6O. The fraction of sp³-hybridized carbons (Fsp3) is 0.583. The maximum absolute atomic E-state index is 5.54. The molecule has 8 heteroatoms. The quantitative estimate of drug-likeness (QED) is 0.297. The van der Waals surface area contributed by atoms with Crippen LogP contribution < -0.4 is 10.6 Å². The van der Waals surface area contributed by atoms with Gasteiger partial charge in [-0.05, 0) is 38.3 Å². The number of hydrogen-bond acceptors (Lipinski definition) is 4. The van der Waals surface area contributed by atoms with Crippen LogP contribution in [0.2, 0.25) is 0 Å². The van der Waals surface area contributed by atoms with Gasteiger partial charge in [0.1, 0.15) is 0 Å². The van der Waals surface area contributed by atoms with Crippen molar-refractivity contribution in [2.24, 2.45) is 10.9 Å². The molecule has 1 aliphatic heterocycles. The SMILES string of the molecule is CN=C(NCc1c(C)nn(-c2ccccc2)c1C)NCC(CC(C)C)N1CCOCC1.I. The van der Waals surface area contributed by atoms with Crippen LogP contribution in [-0.4, -0.2) is 66.6 Å². The Morgan fingerprint density at radius 2 is 1.81 bits per heavy atom. The van der Waals surface area contributed by atoms with Crippen molar-refractivity contribution in [3.8, 4) is 5.69 Å². The van der Waals surface area contributed by atoms with E-state index in [4.69, 9.17) is 9.84 Å². The number of morpholine rings is 1. The molecule has 7 nitrogen and oxygen atoms in total. The molecule has 1 atom stereocenters. The van der Waals surface area contributed by atoms with Crippen molar-refractivity contribution in [1.82, 2.24) is 25.3 Å². The second-order valence-electron chi connectivity index (χ2n) is 8.64. The molecule has 1 saturated heterocycles. The van der Waals surface area contributed by atoms with Crippen molar-refractivity contribution in [1.29, 1.82) is 0 Å². The van der Waals surface area contributed by atoms with Gasteiger partial charge in [0.2, 0.25) is 0 Å². The minimum Gasteiger partial charge on any atom is -0.379 e. The molecule has 0 spiro atoms. The summed E-state index contributed by atoms with van der Waals surface area (Å²) in [5.41, 5.74) is 4.48. The average molecular weight is 555 g/mol. The van der Waals surface area contributed by atoms with E-state index in [0.717, 1.165) is 62.3 Å². The van der Waals surface area contributed by atoms with Gasteiger partial charge in [0.25, 0.3) is 0 Å². The Kier molecular flexibility index (Phi) is 10.9. The number of aryl methyl sites for hydroxylation is 1. The Hall–Kier alpha value is -1.65. The number of nitrogens with zero attached hydrogens (tertiary/aromatic N) is 4. The van der Waals surface area contributed by atoms with Crippen molar-refractivity contribution in [3.05, 3.63) is 47.3 Å². The number of ether oxygens (including phenoxy) is 1. The zero-order chi connectivity index (χ0) is 22.2. The molecule has 1 aliphatic rings. The summed E-state index contributed by atoms with van der Waals surface area (Å²) >= 11 is 0. The van der Waals surface area contributed by atoms with Gasteiger partial charge in [0.15, 0.2) is 5.96 Å². The largest absolute Gasteiger partial charge is 0.379 e. The Morgan fingerprint density at radius 1 is 1.12 bits per heavy atom. The van der Waals surface area contributed by atoms with Gasteiger partial charge >= 0.3 is 0 Å². The number of benzene rings is 1. The van der Waals surface area contributed by atoms with E-state index in [1.54, 1.807) is 0 Å². The molecule has 2 N–H and O–H groups in total. The average Bonchev–Trinajstić information content (AvgIpc) is 3.07. The van der Waals surface area contributed by atoms with Crippen LogP contribution in [-0.2, 0) is 11.3 Å². The first kappa shape index (κ1) is 26.6. The Labute approximate surface area is 210 Å². The highest BCUT2D eigenvalue weighted by atomic mass is 127. The Morgan fingerprint density at radius 3 is 2.44 bits per heavy atom. The minimum atomic E-state index is 0. The Bertz CT molecular complexity index is 846. The molecule has 1 unspecified atom stereocenters. The third kappa shape index (κ3) is 7.18. The molecule has 1 fully saturated rings. The van der Waals surface area contributed by atoms with Crippen molar-refractivity contribution < 1.29 is 4.74 Å². The van der Waals surface area contributed by atoms with E-state index >= 15 is 0 Å². The van der Waals surface area contributed by atoms with Gasteiger partial charge < -0.3 is 15.4 Å². The summed E-state index contributed by atoms with van der Waals surface area (Å²) in [7, 11) is 1.83. The number of aliphatic imine (C=N–C) groups is 1. The maximum atomic E-state index is 5.54. The first-order valence-corrected chi connectivity index (χ1v) is 11.4. The lowest BCUT2D eigenvalue weighted by molar-refractivity contribution is 0.0132. The number of guanidine groups is 1. The molecule has 3 rings (SSSR count). The lowest BCUT2D eigenvalue weighted by atomic mass is 10.0.